The first-order valence-electron chi connectivity index (χ1n) is 11.6. The van der Waals surface area contributed by atoms with Crippen molar-refractivity contribution in [1.29, 1.82) is 0 Å². The molecule has 0 spiro atoms. The van der Waals surface area contributed by atoms with E-state index >= 15 is 0 Å². The van der Waals surface area contributed by atoms with Crippen LogP contribution in [0.25, 0.3) is 0 Å². The predicted octanol–water partition coefficient (Wildman–Crippen LogP) is 3.20. The van der Waals surface area contributed by atoms with Gasteiger partial charge in [0.25, 0.3) is 0 Å². The molecule has 1 aliphatic heterocycles. The zero-order valence-corrected chi connectivity index (χ0v) is 20.2. The van der Waals surface area contributed by atoms with Gasteiger partial charge in [0.1, 0.15) is 6.10 Å². The molecule has 1 aliphatic rings. The number of amides is 1. The molecule has 0 radical (unpaired) electrons. The Bertz CT molecular complexity index is 847. The summed E-state index contributed by atoms with van der Waals surface area (Å²) in [5.74, 6) is -0.708. The molecule has 0 fully saturated rings. The minimum atomic E-state index is -1.43. The first-order chi connectivity index (χ1) is 16.2. The zero-order valence-electron chi connectivity index (χ0n) is 20.2. The first-order valence-corrected chi connectivity index (χ1v) is 11.6. The van der Waals surface area contributed by atoms with Crippen LogP contribution in [0.1, 0.15) is 33.6 Å². The predicted molar refractivity (Wildman–Crippen MR) is 138 cm³/mol. The molecule has 0 unspecified atom stereocenters. The second-order valence-corrected chi connectivity index (χ2v) is 8.45. The van der Waals surface area contributed by atoms with Crippen LogP contribution in [0.15, 0.2) is 96.7 Å². The van der Waals surface area contributed by atoms with Crippen LogP contribution in [0.2, 0.25) is 0 Å². The summed E-state index contributed by atoms with van der Waals surface area (Å²) in [7, 11) is 0. The number of carbonyl (C=O) groups is 1. The molecule has 1 rings (SSSR count). The fourth-order valence-electron chi connectivity index (χ4n) is 3.07. The van der Waals surface area contributed by atoms with Crippen molar-refractivity contribution in [1.82, 2.24) is 5.32 Å². The van der Waals surface area contributed by atoms with Crippen LogP contribution in [-0.2, 0) is 4.79 Å². The SMILES string of the molecule is CC1=C/C=C\C=C/C[C@@H](C)NC(=O)/C=C\C=C/[C@@H](C)[C@@H](O)[C@H](O)[C@@H](O)C[C@@H](O)/C=C\C=C/C=C\1. The van der Waals surface area contributed by atoms with Gasteiger partial charge < -0.3 is 25.7 Å². The van der Waals surface area contributed by atoms with Crippen LogP contribution in [0.5, 0.6) is 0 Å². The highest BCUT2D eigenvalue weighted by atomic mass is 16.4. The highest BCUT2D eigenvalue weighted by molar-refractivity contribution is 5.87. The minimum absolute atomic E-state index is 0.0295. The van der Waals surface area contributed by atoms with Crippen molar-refractivity contribution in [3.63, 3.8) is 0 Å². The molecule has 0 aromatic heterocycles. The van der Waals surface area contributed by atoms with E-state index in [1.165, 1.54) is 12.2 Å². The monoisotopic (exact) mass is 469 g/mol. The van der Waals surface area contributed by atoms with Gasteiger partial charge in [-0.15, -0.1) is 0 Å². The number of nitrogens with one attached hydrogen (secondary N) is 1. The van der Waals surface area contributed by atoms with Crippen LogP contribution in [0.3, 0.4) is 0 Å². The lowest BCUT2D eigenvalue weighted by Gasteiger charge is -2.26. The van der Waals surface area contributed by atoms with E-state index in [9.17, 15) is 25.2 Å². The Hall–Kier alpha value is -2.77. The minimum Gasteiger partial charge on any atom is -0.390 e. The lowest BCUT2D eigenvalue weighted by atomic mass is 9.93. The molecule has 0 bridgehead atoms. The number of aliphatic hydroxyl groups is 4. The Kier molecular flexibility index (Phi) is 14.4. The van der Waals surface area contributed by atoms with Crippen molar-refractivity contribution in [2.75, 3.05) is 0 Å². The van der Waals surface area contributed by atoms with E-state index in [0.29, 0.717) is 6.42 Å². The Morgan fingerprint density at radius 2 is 1.44 bits per heavy atom. The van der Waals surface area contributed by atoms with Gasteiger partial charge in [0, 0.05) is 24.5 Å². The molecule has 186 valence electrons. The van der Waals surface area contributed by atoms with Crippen molar-refractivity contribution >= 4 is 5.91 Å². The lowest BCUT2D eigenvalue weighted by Crippen LogP contribution is -2.41. The molecule has 0 saturated heterocycles. The van der Waals surface area contributed by atoms with E-state index in [1.807, 2.05) is 62.5 Å². The van der Waals surface area contributed by atoms with Crippen LogP contribution in [-0.4, -0.2) is 56.8 Å². The normalized spacial score (nSPS) is 38.9. The summed E-state index contributed by atoms with van der Waals surface area (Å²) in [4.78, 5) is 12.0. The summed E-state index contributed by atoms with van der Waals surface area (Å²) < 4.78 is 0. The average Bonchev–Trinajstić information content (AvgIpc) is 2.79. The average molecular weight is 470 g/mol. The van der Waals surface area contributed by atoms with E-state index in [-0.39, 0.29) is 18.4 Å². The fourth-order valence-corrected chi connectivity index (χ4v) is 3.07. The van der Waals surface area contributed by atoms with Gasteiger partial charge in [-0.2, -0.15) is 0 Å². The van der Waals surface area contributed by atoms with E-state index < -0.39 is 30.3 Å². The van der Waals surface area contributed by atoms with Crippen molar-refractivity contribution < 1.29 is 25.2 Å². The number of rotatable bonds is 0. The number of carbonyl (C=O) groups excluding carboxylic acids is 1. The largest absolute Gasteiger partial charge is 0.390 e. The second kappa shape index (κ2) is 16.8. The topological polar surface area (TPSA) is 110 Å². The number of hydrogen-bond acceptors (Lipinski definition) is 5. The molecular formula is C28H39NO5. The summed E-state index contributed by atoms with van der Waals surface area (Å²) >= 11 is 0. The zero-order chi connectivity index (χ0) is 25.3. The van der Waals surface area contributed by atoms with Gasteiger partial charge in [-0.1, -0.05) is 97.6 Å². The fraction of sp³-hybridized carbons (Fsp3) is 0.393. The number of aliphatic hydroxyl groups excluding tert-OH is 4. The van der Waals surface area contributed by atoms with Crippen molar-refractivity contribution in [3.05, 3.63) is 96.7 Å². The standard InChI is InChI=1S/C28H39NO5/c1-21-14-8-4-6-10-17-23(3)29-26(32)19-13-12-16-22(2)27(33)28(34)25(31)20-24(30)18-11-7-5-9-15-21/h4-16,18-19,22-25,27-28,30-31,33-34H,17,20H2,1-3H3,(H,29,32)/b7-5-,8-4-,10-6-,15-9-,16-12-,18-11-,19-13-,21-14-/t22-,23-,24+,25+,27-,28-/m1/s1. The highest BCUT2D eigenvalue weighted by Crippen LogP contribution is 2.15. The van der Waals surface area contributed by atoms with Gasteiger partial charge in [-0.3, -0.25) is 4.79 Å². The Labute approximate surface area is 203 Å². The van der Waals surface area contributed by atoms with Crippen LogP contribution in [0.4, 0.5) is 0 Å². The van der Waals surface area contributed by atoms with E-state index in [4.69, 9.17) is 0 Å². The number of allylic oxidation sites excluding steroid dienone is 12. The second-order valence-electron chi connectivity index (χ2n) is 8.45. The maximum atomic E-state index is 12.0. The Balaban J connectivity index is 2.93. The van der Waals surface area contributed by atoms with E-state index in [0.717, 1.165) is 5.57 Å². The summed E-state index contributed by atoms with van der Waals surface area (Å²) in [6.45, 7) is 5.59. The molecule has 1 heterocycles. The quantitative estimate of drug-likeness (QED) is 0.374. The molecule has 6 atom stereocenters. The summed E-state index contributed by atoms with van der Waals surface area (Å²) in [5.41, 5.74) is 1.06. The van der Waals surface area contributed by atoms with Crippen molar-refractivity contribution in [2.45, 2.75) is 64.1 Å². The maximum absolute atomic E-state index is 12.0. The van der Waals surface area contributed by atoms with E-state index in [1.54, 1.807) is 37.3 Å². The molecule has 5 N–H and O–H groups in total. The molecule has 1 amide bonds. The highest BCUT2D eigenvalue weighted by Gasteiger charge is 2.28. The van der Waals surface area contributed by atoms with Gasteiger partial charge in [-0.25, -0.2) is 0 Å². The van der Waals surface area contributed by atoms with Crippen LogP contribution in [0, 0.1) is 5.92 Å². The van der Waals surface area contributed by atoms with Crippen molar-refractivity contribution in [3.8, 4) is 0 Å². The first kappa shape index (κ1) is 29.3. The summed E-state index contributed by atoms with van der Waals surface area (Å²) in [5, 5.41) is 43.7. The van der Waals surface area contributed by atoms with Crippen molar-refractivity contribution in [2.24, 2.45) is 5.92 Å². The molecule has 0 aromatic rings. The van der Waals surface area contributed by atoms with Gasteiger partial charge >= 0.3 is 0 Å². The van der Waals surface area contributed by atoms with Gasteiger partial charge in [0.2, 0.25) is 5.91 Å². The molecule has 0 aliphatic carbocycles. The number of hydrogen-bond donors (Lipinski definition) is 5. The molecule has 0 saturated carbocycles. The molecular weight excluding hydrogens is 430 g/mol. The van der Waals surface area contributed by atoms with Gasteiger partial charge in [0.15, 0.2) is 0 Å². The maximum Gasteiger partial charge on any atom is 0.244 e. The van der Waals surface area contributed by atoms with Gasteiger partial charge in [0.05, 0.1) is 18.3 Å². The van der Waals surface area contributed by atoms with Crippen LogP contribution >= 0.6 is 0 Å². The third-order valence-electron chi connectivity index (χ3n) is 5.16. The summed E-state index contributed by atoms with van der Waals surface area (Å²) in [6.07, 6.45) is 22.2. The third-order valence-corrected chi connectivity index (χ3v) is 5.16. The Morgan fingerprint density at radius 3 is 2.21 bits per heavy atom. The third kappa shape index (κ3) is 13.1. The Morgan fingerprint density at radius 1 is 0.794 bits per heavy atom. The molecule has 34 heavy (non-hydrogen) atoms. The molecule has 0 aromatic carbocycles. The smallest absolute Gasteiger partial charge is 0.244 e. The van der Waals surface area contributed by atoms with Crippen LogP contribution < -0.4 is 5.32 Å². The molecule has 6 nitrogen and oxygen atoms in total. The van der Waals surface area contributed by atoms with Gasteiger partial charge in [-0.05, 0) is 20.3 Å². The molecule has 6 heteroatoms. The van der Waals surface area contributed by atoms with E-state index in [2.05, 4.69) is 5.32 Å². The summed E-state index contributed by atoms with van der Waals surface area (Å²) in [6, 6.07) is -0.0295. The lowest BCUT2D eigenvalue weighted by molar-refractivity contribution is -0.117.